The molecule has 1 saturated heterocycles. The summed E-state index contributed by atoms with van der Waals surface area (Å²) in [5.74, 6) is 1.57. The maximum absolute atomic E-state index is 12.5. The Labute approximate surface area is 138 Å². The molecule has 0 aromatic carbocycles. The van der Waals surface area contributed by atoms with E-state index in [1.165, 1.54) is 12.8 Å². The van der Waals surface area contributed by atoms with Crippen LogP contribution in [-0.2, 0) is 6.54 Å². The largest absolute Gasteiger partial charge is 0.337 e. The van der Waals surface area contributed by atoms with Gasteiger partial charge < -0.3 is 10.2 Å². The SMILES string of the molecule is CC(C)CCn1cc(C(=O)N2CCC(NCC3CC3)CC2)nn1. The number of rotatable bonds is 7. The summed E-state index contributed by atoms with van der Waals surface area (Å²) < 4.78 is 1.79. The van der Waals surface area contributed by atoms with Gasteiger partial charge in [-0.05, 0) is 50.5 Å². The first-order valence-electron chi connectivity index (χ1n) is 9.04. The molecule has 1 amide bonds. The standard InChI is InChI=1S/C17H29N5O/c1-13(2)5-10-22-12-16(19-20-22)17(23)21-8-6-15(7-9-21)18-11-14-3-4-14/h12-15,18H,3-11H2,1-2H3. The van der Waals surface area contributed by atoms with Crippen LogP contribution in [0.5, 0.6) is 0 Å². The van der Waals surface area contributed by atoms with Gasteiger partial charge in [0.2, 0.25) is 0 Å². The lowest BCUT2D eigenvalue weighted by atomic mass is 10.0. The van der Waals surface area contributed by atoms with E-state index in [2.05, 4.69) is 29.5 Å². The van der Waals surface area contributed by atoms with Crippen molar-refractivity contribution < 1.29 is 4.79 Å². The summed E-state index contributed by atoms with van der Waals surface area (Å²) in [4.78, 5) is 14.4. The van der Waals surface area contributed by atoms with Gasteiger partial charge in [0.1, 0.15) is 0 Å². The van der Waals surface area contributed by atoms with Crippen molar-refractivity contribution in [2.75, 3.05) is 19.6 Å². The van der Waals surface area contributed by atoms with Crippen LogP contribution in [0.15, 0.2) is 6.20 Å². The summed E-state index contributed by atoms with van der Waals surface area (Å²) in [6.45, 7) is 7.99. The van der Waals surface area contributed by atoms with Crippen LogP contribution in [-0.4, -0.2) is 51.5 Å². The first kappa shape index (κ1) is 16.4. The fraction of sp³-hybridized carbons (Fsp3) is 0.824. The molecule has 2 fully saturated rings. The van der Waals surface area contributed by atoms with Gasteiger partial charge in [0.05, 0.1) is 6.20 Å². The molecule has 23 heavy (non-hydrogen) atoms. The number of hydrogen-bond donors (Lipinski definition) is 1. The Kier molecular flexibility index (Phi) is 5.30. The van der Waals surface area contributed by atoms with Crippen LogP contribution in [0.4, 0.5) is 0 Å². The Hall–Kier alpha value is -1.43. The molecule has 1 saturated carbocycles. The average Bonchev–Trinajstić information content (AvgIpc) is 3.26. The van der Waals surface area contributed by atoms with E-state index in [-0.39, 0.29) is 5.91 Å². The third-order valence-corrected chi connectivity index (χ3v) is 4.87. The molecule has 3 rings (SSSR count). The van der Waals surface area contributed by atoms with Gasteiger partial charge in [-0.15, -0.1) is 5.10 Å². The van der Waals surface area contributed by atoms with Crippen LogP contribution in [0.1, 0.15) is 56.4 Å². The molecule has 128 valence electrons. The molecule has 0 atom stereocenters. The van der Waals surface area contributed by atoms with Crippen molar-refractivity contribution in [2.45, 2.75) is 58.5 Å². The Morgan fingerprint density at radius 3 is 2.70 bits per heavy atom. The number of aromatic nitrogens is 3. The minimum atomic E-state index is 0.0291. The van der Waals surface area contributed by atoms with Crippen LogP contribution in [0.2, 0.25) is 0 Å². The number of nitrogens with one attached hydrogen (secondary N) is 1. The van der Waals surface area contributed by atoms with Crippen LogP contribution in [0.25, 0.3) is 0 Å². The number of carbonyl (C=O) groups excluding carboxylic acids is 1. The van der Waals surface area contributed by atoms with E-state index < -0.39 is 0 Å². The monoisotopic (exact) mass is 319 g/mol. The Bertz CT molecular complexity index is 515. The molecule has 1 aromatic rings. The maximum atomic E-state index is 12.5. The van der Waals surface area contributed by atoms with Crippen molar-refractivity contribution in [3.05, 3.63) is 11.9 Å². The Morgan fingerprint density at radius 1 is 1.30 bits per heavy atom. The molecule has 1 aliphatic heterocycles. The molecule has 0 radical (unpaired) electrons. The van der Waals surface area contributed by atoms with E-state index in [0.29, 0.717) is 17.7 Å². The second-order valence-corrected chi connectivity index (χ2v) is 7.47. The normalized spacial score (nSPS) is 19.5. The van der Waals surface area contributed by atoms with Crippen LogP contribution in [0.3, 0.4) is 0 Å². The molecule has 2 heterocycles. The lowest BCUT2D eigenvalue weighted by Gasteiger charge is -2.32. The summed E-state index contributed by atoms with van der Waals surface area (Å²) in [5.41, 5.74) is 0.484. The van der Waals surface area contributed by atoms with Gasteiger partial charge in [-0.2, -0.15) is 0 Å². The average molecular weight is 319 g/mol. The number of aryl methyl sites for hydroxylation is 1. The van der Waals surface area contributed by atoms with Gasteiger partial charge in [-0.1, -0.05) is 19.1 Å². The van der Waals surface area contributed by atoms with E-state index in [1.807, 2.05) is 4.90 Å². The molecule has 6 heteroatoms. The predicted molar refractivity (Wildman–Crippen MR) is 89.1 cm³/mol. The van der Waals surface area contributed by atoms with Gasteiger partial charge in [0, 0.05) is 25.7 Å². The zero-order chi connectivity index (χ0) is 16.2. The molecule has 6 nitrogen and oxygen atoms in total. The van der Waals surface area contributed by atoms with Gasteiger partial charge in [-0.25, -0.2) is 0 Å². The number of amides is 1. The summed E-state index contributed by atoms with van der Waals surface area (Å²) in [6.07, 6.45) is 7.70. The maximum Gasteiger partial charge on any atom is 0.276 e. The van der Waals surface area contributed by atoms with Crippen LogP contribution < -0.4 is 5.32 Å². The molecule has 1 aliphatic carbocycles. The molecule has 0 unspecified atom stereocenters. The summed E-state index contributed by atoms with van der Waals surface area (Å²) >= 11 is 0. The minimum absolute atomic E-state index is 0.0291. The number of hydrogen-bond acceptors (Lipinski definition) is 4. The van der Waals surface area contributed by atoms with E-state index in [9.17, 15) is 4.79 Å². The molecule has 2 aliphatic rings. The second kappa shape index (κ2) is 7.43. The van der Waals surface area contributed by atoms with E-state index in [0.717, 1.165) is 51.4 Å². The third kappa shape index (κ3) is 4.77. The summed E-state index contributed by atoms with van der Waals surface area (Å²) in [6, 6.07) is 0.571. The number of piperidine rings is 1. The number of nitrogens with zero attached hydrogens (tertiary/aromatic N) is 4. The zero-order valence-electron chi connectivity index (χ0n) is 14.4. The number of likely N-dealkylation sites (tertiary alicyclic amines) is 1. The van der Waals surface area contributed by atoms with Crippen LogP contribution in [0, 0.1) is 11.8 Å². The van der Waals surface area contributed by atoms with E-state index in [4.69, 9.17) is 0 Å². The van der Waals surface area contributed by atoms with Crippen LogP contribution >= 0.6 is 0 Å². The molecular weight excluding hydrogens is 290 g/mol. The first-order valence-corrected chi connectivity index (χ1v) is 9.04. The van der Waals surface area contributed by atoms with Crippen molar-refractivity contribution in [1.29, 1.82) is 0 Å². The quantitative estimate of drug-likeness (QED) is 0.834. The second-order valence-electron chi connectivity index (χ2n) is 7.47. The van der Waals surface area contributed by atoms with Gasteiger partial charge >= 0.3 is 0 Å². The Morgan fingerprint density at radius 2 is 2.04 bits per heavy atom. The predicted octanol–water partition coefficient (Wildman–Crippen LogP) is 1.93. The highest BCUT2D eigenvalue weighted by atomic mass is 16.2. The smallest absolute Gasteiger partial charge is 0.276 e. The summed E-state index contributed by atoms with van der Waals surface area (Å²) in [7, 11) is 0. The Balaban J connectivity index is 1.44. The summed E-state index contributed by atoms with van der Waals surface area (Å²) in [5, 5.41) is 11.8. The topological polar surface area (TPSA) is 63.1 Å². The van der Waals surface area contributed by atoms with Crippen molar-refractivity contribution in [3.63, 3.8) is 0 Å². The third-order valence-electron chi connectivity index (χ3n) is 4.87. The van der Waals surface area contributed by atoms with Gasteiger partial charge in [-0.3, -0.25) is 9.48 Å². The van der Waals surface area contributed by atoms with Gasteiger partial charge in [0.15, 0.2) is 5.69 Å². The fourth-order valence-corrected chi connectivity index (χ4v) is 3.00. The zero-order valence-corrected chi connectivity index (χ0v) is 14.4. The lowest BCUT2D eigenvalue weighted by molar-refractivity contribution is 0.0699. The molecular formula is C17H29N5O. The highest BCUT2D eigenvalue weighted by Crippen LogP contribution is 2.28. The van der Waals surface area contributed by atoms with Crippen molar-refractivity contribution in [3.8, 4) is 0 Å². The highest BCUT2D eigenvalue weighted by molar-refractivity contribution is 5.92. The van der Waals surface area contributed by atoms with E-state index in [1.54, 1.807) is 10.9 Å². The molecule has 0 bridgehead atoms. The van der Waals surface area contributed by atoms with E-state index >= 15 is 0 Å². The number of carbonyl (C=O) groups is 1. The van der Waals surface area contributed by atoms with Crippen molar-refractivity contribution in [2.24, 2.45) is 11.8 Å². The fourth-order valence-electron chi connectivity index (χ4n) is 3.00. The lowest BCUT2D eigenvalue weighted by Crippen LogP contribution is -2.45. The van der Waals surface area contributed by atoms with Crippen molar-refractivity contribution >= 4 is 5.91 Å². The highest BCUT2D eigenvalue weighted by Gasteiger charge is 2.27. The molecule has 0 spiro atoms. The first-order chi connectivity index (χ1) is 11.1. The van der Waals surface area contributed by atoms with Gasteiger partial charge in [0.25, 0.3) is 5.91 Å². The molecule has 1 aromatic heterocycles. The van der Waals surface area contributed by atoms with Crippen molar-refractivity contribution in [1.82, 2.24) is 25.2 Å². The molecule has 1 N–H and O–H groups in total. The minimum Gasteiger partial charge on any atom is -0.337 e.